The summed E-state index contributed by atoms with van der Waals surface area (Å²) >= 11 is 0. The van der Waals surface area contributed by atoms with Crippen LogP contribution in [0.25, 0.3) is 0 Å². The van der Waals surface area contributed by atoms with Crippen LogP contribution in [0.5, 0.6) is 0 Å². The molecule has 4 heteroatoms. The Balaban J connectivity index is 2.11. The molecule has 2 rings (SSSR count). The standard InChI is InChI=1S/C13H17N3O/c1-3-13(17)12-9-16(15-14-12)8-11-6-4-5-10(2)7-11/h4-7,9,13,17H,3,8H2,1-2H3. The predicted octanol–water partition coefficient (Wildman–Crippen LogP) is 2.08. The van der Waals surface area contributed by atoms with Crippen molar-refractivity contribution in [1.82, 2.24) is 15.0 Å². The van der Waals surface area contributed by atoms with E-state index in [9.17, 15) is 5.11 Å². The van der Waals surface area contributed by atoms with Crippen molar-refractivity contribution in [3.63, 3.8) is 0 Å². The van der Waals surface area contributed by atoms with Gasteiger partial charge < -0.3 is 5.11 Å². The third kappa shape index (κ3) is 2.91. The van der Waals surface area contributed by atoms with Crippen LogP contribution in [0.4, 0.5) is 0 Å². The quantitative estimate of drug-likeness (QED) is 0.876. The van der Waals surface area contributed by atoms with E-state index in [1.54, 1.807) is 10.9 Å². The van der Waals surface area contributed by atoms with Gasteiger partial charge in [0.1, 0.15) is 5.69 Å². The van der Waals surface area contributed by atoms with E-state index in [-0.39, 0.29) is 0 Å². The van der Waals surface area contributed by atoms with Crippen molar-refractivity contribution in [3.05, 3.63) is 47.3 Å². The first-order chi connectivity index (χ1) is 8.19. The Hall–Kier alpha value is -1.68. The summed E-state index contributed by atoms with van der Waals surface area (Å²) in [7, 11) is 0. The summed E-state index contributed by atoms with van der Waals surface area (Å²) in [5.41, 5.74) is 3.06. The fourth-order valence-corrected chi connectivity index (χ4v) is 1.75. The monoisotopic (exact) mass is 231 g/mol. The van der Waals surface area contributed by atoms with Crippen molar-refractivity contribution in [1.29, 1.82) is 0 Å². The van der Waals surface area contributed by atoms with E-state index in [4.69, 9.17) is 0 Å². The molecule has 0 saturated heterocycles. The molecule has 1 heterocycles. The van der Waals surface area contributed by atoms with Crippen LogP contribution in [-0.2, 0) is 6.54 Å². The zero-order chi connectivity index (χ0) is 12.3. The minimum Gasteiger partial charge on any atom is -0.387 e. The maximum atomic E-state index is 9.64. The van der Waals surface area contributed by atoms with Gasteiger partial charge in [0.15, 0.2) is 0 Å². The van der Waals surface area contributed by atoms with E-state index < -0.39 is 6.10 Å². The predicted molar refractivity (Wildman–Crippen MR) is 65.6 cm³/mol. The molecule has 1 aromatic heterocycles. The third-order valence-corrected chi connectivity index (χ3v) is 2.71. The van der Waals surface area contributed by atoms with Crippen LogP contribution in [0.15, 0.2) is 30.5 Å². The molecule has 17 heavy (non-hydrogen) atoms. The molecule has 0 radical (unpaired) electrons. The average Bonchev–Trinajstić information content (AvgIpc) is 2.76. The smallest absolute Gasteiger partial charge is 0.111 e. The second-order valence-corrected chi connectivity index (χ2v) is 4.25. The molecule has 0 aliphatic heterocycles. The summed E-state index contributed by atoms with van der Waals surface area (Å²) in [5.74, 6) is 0. The van der Waals surface area contributed by atoms with Gasteiger partial charge in [-0.05, 0) is 18.9 Å². The lowest BCUT2D eigenvalue weighted by molar-refractivity contribution is 0.168. The zero-order valence-electron chi connectivity index (χ0n) is 10.2. The first-order valence-corrected chi connectivity index (χ1v) is 5.82. The summed E-state index contributed by atoms with van der Waals surface area (Å²) in [4.78, 5) is 0. The number of aromatic nitrogens is 3. The molecule has 0 aliphatic rings. The number of aryl methyl sites for hydroxylation is 1. The topological polar surface area (TPSA) is 50.9 Å². The van der Waals surface area contributed by atoms with Gasteiger partial charge in [0.25, 0.3) is 0 Å². The molecule has 90 valence electrons. The van der Waals surface area contributed by atoms with E-state index >= 15 is 0 Å². The van der Waals surface area contributed by atoms with Gasteiger partial charge in [-0.2, -0.15) is 0 Å². The van der Waals surface area contributed by atoms with Crippen LogP contribution in [0.3, 0.4) is 0 Å². The Labute approximate surface area is 101 Å². The van der Waals surface area contributed by atoms with Crippen LogP contribution in [0.1, 0.15) is 36.3 Å². The molecular weight excluding hydrogens is 214 g/mol. The molecule has 0 spiro atoms. The Morgan fingerprint density at radius 2 is 2.24 bits per heavy atom. The average molecular weight is 231 g/mol. The van der Waals surface area contributed by atoms with Gasteiger partial charge in [-0.15, -0.1) is 5.10 Å². The highest BCUT2D eigenvalue weighted by molar-refractivity contribution is 5.22. The van der Waals surface area contributed by atoms with E-state index in [2.05, 4.69) is 35.4 Å². The van der Waals surface area contributed by atoms with Gasteiger partial charge in [-0.25, -0.2) is 4.68 Å². The van der Waals surface area contributed by atoms with E-state index in [1.807, 2.05) is 13.0 Å². The van der Waals surface area contributed by atoms with Gasteiger partial charge in [0.2, 0.25) is 0 Å². The van der Waals surface area contributed by atoms with E-state index in [1.165, 1.54) is 11.1 Å². The van der Waals surface area contributed by atoms with Gasteiger partial charge in [0.05, 0.1) is 18.8 Å². The molecule has 0 bridgehead atoms. The summed E-state index contributed by atoms with van der Waals surface area (Å²) in [6, 6.07) is 8.28. The molecule has 1 atom stereocenters. The van der Waals surface area contributed by atoms with Crippen LogP contribution in [0, 0.1) is 6.92 Å². The SMILES string of the molecule is CCC(O)c1cn(Cc2cccc(C)c2)nn1. The maximum Gasteiger partial charge on any atom is 0.111 e. The number of hydrogen-bond donors (Lipinski definition) is 1. The lowest BCUT2D eigenvalue weighted by Gasteiger charge is -2.02. The molecule has 1 unspecified atom stereocenters. The van der Waals surface area contributed by atoms with E-state index in [0.29, 0.717) is 18.7 Å². The summed E-state index contributed by atoms with van der Waals surface area (Å²) in [6.45, 7) is 4.67. The highest BCUT2D eigenvalue weighted by Gasteiger charge is 2.09. The lowest BCUT2D eigenvalue weighted by Crippen LogP contribution is -2.00. The molecule has 1 aromatic carbocycles. The van der Waals surface area contributed by atoms with Gasteiger partial charge in [-0.3, -0.25) is 0 Å². The number of hydrogen-bond acceptors (Lipinski definition) is 3. The Kier molecular flexibility index (Phi) is 3.54. The number of aliphatic hydroxyl groups is 1. The number of aliphatic hydroxyl groups excluding tert-OH is 1. The minimum absolute atomic E-state index is 0.513. The maximum absolute atomic E-state index is 9.64. The van der Waals surface area contributed by atoms with Crippen LogP contribution < -0.4 is 0 Å². The highest BCUT2D eigenvalue weighted by atomic mass is 16.3. The highest BCUT2D eigenvalue weighted by Crippen LogP contribution is 2.13. The molecule has 0 aliphatic carbocycles. The summed E-state index contributed by atoms with van der Waals surface area (Å²) < 4.78 is 1.75. The van der Waals surface area contributed by atoms with Crippen LogP contribution in [-0.4, -0.2) is 20.1 Å². The van der Waals surface area contributed by atoms with Gasteiger partial charge >= 0.3 is 0 Å². The van der Waals surface area contributed by atoms with Gasteiger partial charge in [0, 0.05) is 0 Å². The molecular formula is C13H17N3O. The Morgan fingerprint density at radius 1 is 1.41 bits per heavy atom. The van der Waals surface area contributed by atoms with Gasteiger partial charge in [-0.1, -0.05) is 42.0 Å². The lowest BCUT2D eigenvalue weighted by atomic mass is 10.1. The first-order valence-electron chi connectivity index (χ1n) is 5.82. The fourth-order valence-electron chi connectivity index (χ4n) is 1.75. The molecule has 1 N–H and O–H groups in total. The summed E-state index contributed by atoms with van der Waals surface area (Å²) in [6.07, 6.45) is 1.95. The fraction of sp³-hybridized carbons (Fsp3) is 0.385. The second kappa shape index (κ2) is 5.10. The number of rotatable bonds is 4. The van der Waals surface area contributed by atoms with Crippen molar-refractivity contribution in [2.75, 3.05) is 0 Å². The minimum atomic E-state index is -0.513. The second-order valence-electron chi connectivity index (χ2n) is 4.25. The normalized spacial score (nSPS) is 12.6. The molecule has 4 nitrogen and oxygen atoms in total. The van der Waals surface area contributed by atoms with Crippen LogP contribution in [0.2, 0.25) is 0 Å². The zero-order valence-corrected chi connectivity index (χ0v) is 10.2. The van der Waals surface area contributed by atoms with E-state index in [0.717, 1.165) is 0 Å². The Bertz CT molecular complexity index is 493. The third-order valence-electron chi connectivity index (χ3n) is 2.71. The molecule has 0 fully saturated rings. The summed E-state index contributed by atoms with van der Waals surface area (Å²) in [5, 5.41) is 17.6. The number of nitrogens with zero attached hydrogens (tertiary/aromatic N) is 3. The molecule has 2 aromatic rings. The molecule has 0 amide bonds. The van der Waals surface area contributed by atoms with Crippen molar-refractivity contribution < 1.29 is 5.11 Å². The van der Waals surface area contributed by atoms with Crippen LogP contribution >= 0.6 is 0 Å². The van der Waals surface area contributed by atoms with Crippen molar-refractivity contribution in [3.8, 4) is 0 Å². The van der Waals surface area contributed by atoms with Crippen molar-refractivity contribution in [2.24, 2.45) is 0 Å². The first kappa shape index (κ1) is 11.8. The number of benzene rings is 1. The van der Waals surface area contributed by atoms with Crippen molar-refractivity contribution >= 4 is 0 Å². The van der Waals surface area contributed by atoms with Crippen molar-refractivity contribution in [2.45, 2.75) is 32.9 Å². The molecule has 0 saturated carbocycles. The Morgan fingerprint density at radius 3 is 2.94 bits per heavy atom. The largest absolute Gasteiger partial charge is 0.387 e.